The number of nitrogen functional groups attached to an aromatic ring is 1. The first kappa shape index (κ1) is 15.4. The molecule has 0 aliphatic heterocycles. The maximum Gasteiger partial charge on any atom is 0.282 e. The van der Waals surface area contributed by atoms with Crippen LogP contribution in [-0.4, -0.2) is 9.97 Å². The number of hydrogen-bond acceptors (Lipinski definition) is 6. The molecule has 3 aromatic rings. The fourth-order valence-corrected chi connectivity index (χ4v) is 2.13. The summed E-state index contributed by atoms with van der Waals surface area (Å²) in [5.74, 6) is 0.260. The van der Waals surface area contributed by atoms with Crippen molar-refractivity contribution in [2.24, 2.45) is 10.2 Å². The number of aromatic amines is 1. The average Bonchev–Trinajstić information content (AvgIpc) is 2.55. The van der Waals surface area contributed by atoms with Gasteiger partial charge in [0.05, 0.1) is 5.69 Å². The Bertz CT molecular complexity index is 933. The SMILES string of the molecule is Cc1cccc(Nc2nc(N)[nH]c(=O)c2N=Nc2ccccc2)c1. The van der Waals surface area contributed by atoms with Gasteiger partial charge in [-0.25, -0.2) is 0 Å². The number of nitrogens with one attached hydrogen (secondary N) is 2. The van der Waals surface area contributed by atoms with E-state index in [0.717, 1.165) is 11.3 Å². The van der Waals surface area contributed by atoms with Crippen LogP contribution in [0.5, 0.6) is 0 Å². The molecule has 120 valence electrons. The van der Waals surface area contributed by atoms with Crippen molar-refractivity contribution in [1.82, 2.24) is 9.97 Å². The zero-order valence-electron chi connectivity index (χ0n) is 13.0. The number of anilines is 3. The molecule has 0 spiro atoms. The normalized spacial score (nSPS) is 10.9. The van der Waals surface area contributed by atoms with E-state index in [1.54, 1.807) is 12.1 Å². The topological polar surface area (TPSA) is 109 Å². The Balaban J connectivity index is 1.99. The van der Waals surface area contributed by atoms with Crippen LogP contribution in [0.15, 0.2) is 69.6 Å². The van der Waals surface area contributed by atoms with Gasteiger partial charge in [-0.2, -0.15) is 10.1 Å². The van der Waals surface area contributed by atoms with E-state index in [1.165, 1.54) is 0 Å². The van der Waals surface area contributed by atoms with Crippen LogP contribution in [0.25, 0.3) is 0 Å². The molecular weight excluding hydrogens is 304 g/mol. The minimum absolute atomic E-state index is 0.00816. The van der Waals surface area contributed by atoms with Gasteiger partial charge in [0.15, 0.2) is 11.5 Å². The summed E-state index contributed by atoms with van der Waals surface area (Å²) in [6.45, 7) is 1.97. The molecule has 0 atom stereocenters. The van der Waals surface area contributed by atoms with E-state index in [2.05, 4.69) is 25.5 Å². The van der Waals surface area contributed by atoms with Crippen LogP contribution in [0.3, 0.4) is 0 Å². The molecule has 1 aromatic heterocycles. The number of hydrogen-bond donors (Lipinski definition) is 3. The van der Waals surface area contributed by atoms with Crippen molar-refractivity contribution in [3.8, 4) is 0 Å². The second kappa shape index (κ2) is 6.74. The fourth-order valence-electron chi connectivity index (χ4n) is 2.13. The van der Waals surface area contributed by atoms with Gasteiger partial charge >= 0.3 is 0 Å². The van der Waals surface area contributed by atoms with Gasteiger partial charge in [0.1, 0.15) is 0 Å². The highest BCUT2D eigenvalue weighted by molar-refractivity contribution is 5.68. The average molecular weight is 320 g/mol. The molecule has 7 nitrogen and oxygen atoms in total. The van der Waals surface area contributed by atoms with Gasteiger partial charge < -0.3 is 11.1 Å². The standard InChI is InChI=1S/C17H16N6O/c1-11-6-5-9-13(10-11)19-15-14(16(24)21-17(18)20-15)23-22-12-7-3-2-4-8-12/h2-10H,1H3,(H4,18,19,20,21,24). The van der Waals surface area contributed by atoms with E-state index < -0.39 is 5.56 Å². The molecule has 0 saturated carbocycles. The molecule has 0 bridgehead atoms. The lowest BCUT2D eigenvalue weighted by Gasteiger charge is -2.08. The summed E-state index contributed by atoms with van der Waals surface area (Å²) < 4.78 is 0. The van der Waals surface area contributed by atoms with E-state index in [0.29, 0.717) is 5.69 Å². The minimum Gasteiger partial charge on any atom is -0.369 e. The summed E-state index contributed by atoms with van der Waals surface area (Å²) in [4.78, 5) is 18.7. The zero-order chi connectivity index (χ0) is 16.9. The Morgan fingerprint density at radius 3 is 2.62 bits per heavy atom. The Labute approximate surface area is 138 Å². The van der Waals surface area contributed by atoms with Gasteiger partial charge in [0.2, 0.25) is 5.95 Å². The Morgan fingerprint density at radius 1 is 1.08 bits per heavy atom. The summed E-state index contributed by atoms with van der Waals surface area (Å²) in [5.41, 5.74) is 7.73. The number of H-pyrrole nitrogens is 1. The molecule has 7 heteroatoms. The lowest BCUT2D eigenvalue weighted by atomic mass is 10.2. The van der Waals surface area contributed by atoms with E-state index in [1.807, 2.05) is 49.4 Å². The van der Waals surface area contributed by atoms with Crippen LogP contribution < -0.4 is 16.6 Å². The molecule has 4 N–H and O–H groups in total. The highest BCUT2D eigenvalue weighted by atomic mass is 16.1. The summed E-state index contributed by atoms with van der Waals surface area (Å²) in [6, 6.07) is 16.8. The van der Waals surface area contributed by atoms with Crippen molar-refractivity contribution in [3.63, 3.8) is 0 Å². The third kappa shape index (κ3) is 3.64. The van der Waals surface area contributed by atoms with Crippen molar-refractivity contribution in [3.05, 3.63) is 70.5 Å². The Kier molecular flexibility index (Phi) is 4.33. The summed E-state index contributed by atoms with van der Waals surface area (Å²) in [6.07, 6.45) is 0. The van der Waals surface area contributed by atoms with E-state index in [9.17, 15) is 4.79 Å². The number of nitrogens with zero attached hydrogens (tertiary/aromatic N) is 3. The number of azo groups is 1. The number of rotatable bonds is 4. The first-order valence-corrected chi connectivity index (χ1v) is 7.32. The van der Waals surface area contributed by atoms with E-state index in [-0.39, 0.29) is 17.5 Å². The number of benzene rings is 2. The maximum atomic E-state index is 12.2. The molecule has 0 amide bonds. The molecule has 0 aliphatic rings. The molecule has 0 unspecified atom stereocenters. The zero-order valence-corrected chi connectivity index (χ0v) is 13.0. The largest absolute Gasteiger partial charge is 0.369 e. The molecule has 0 radical (unpaired) electrons. The Morgan fingerprint density at radius 2 is 1.88 bits per heavy atom. The number of aromatic nitrogens is 2. The van der Waals surface area contributed by atoms with Crippen molar-refractivity contribution >= 4 is 28.8 Å². The highest BCUT2D eigenvalue weighted by Crippen LogP contribution is 2.25. The van der Waals surface area contributed by atoms with Crippen molar-refractivity contribution in [2.75, 3.05) is 11.1 Å². The first-order valence-electron chi connectivity index (χ1n) is 7.32. The molecular formula is C17H16N6O. The summed E-state index contributed by atoms with van der Waals surface area (Å²) >= 11 is 0. The second-order valence-electron chi connectivity index (χ2n) is 5.18. The molecule has 0 saturated heterocycles. The third-order valence-electron chi connectivity index (χ3n) is 3.22. The van der Waals surface area contributed by atoms with Crippen LogP contribution in [0.4, 0.5) is 28.8 Å². The second-order valence-corrected chi connectivity index (χ2v) is 5.18. The van der Waals surface area contributed by atoms with Crippen LogP contribution in [0, 0.1) is 6.92 Å². The lowest BCUT2D eigenvalue weighted by Crippen LogP contribution is -2.13. The number of aryl methyl sites for hydroxylation is 1. The summed E-state index contributed by atoms with van der Waals surface area (Å²) in [7, 11) is 0. The Hall–Kier alpha value is -3.48. The van der Waals surface area contributed by atoms with E-state index in [4.69, 9.17) is 5.73 Å². The van der Waals surface area contributed by atoms with Gasteiger partial charge in [-0.05, 0) is 36.8 Å². The van der Waals surface area contributed by atoms with E-state index >= 15 is 0 Å². The van der Waals surface area contributed by atoms with Crippen LogP contribution in [0.2, 0.25) is 0 Å². The smallest absolute Gasteiger partial charge is 0.282 e. The monoisotopic (exact) mass is 320 g/mol. The molecule has 2 aromatic carbocycles. The van der Waals surface area contributed by atoms with Gasteiger partial charge in [-0.15, -0.1) is 5.11 Å². The predicted molar refractivity (Wildman–Crippen MR) is 94.3 cm³/mol. The van der Waals surface area contributed by atoms with Gasteiger partial charge in [0.25, 0.3) is 5.56 Å². The minimum atomic E-state index is -0.461. The molecule has 1 heterocycles. The van der Waals surface area contributed by atoms with Gasteiger partial charge in [0, 0.05) is 5.69 Å². The van der Waals surface area contributed by atoms with Crippen LogP contribution in [0.1, 0.15) is 5.56 Å². The molecule has 0 fully saturated rings. The van der Waals surface area contributed by atoms with Crippen molar-refractivity contribution in [1.29, 1.82) is 0 Å². The van der Waals surface area contributed by atoms with Crippen molar-refractivity contribution in [2.45, 2.75) is 6.92 Å². The maximum absolute atomic E-state index is 12.2. The van der Waals surface area contributed by atoms with Crippen LogP contribution in [-0.2, 0) is 0 Å². The van der Waals surface area contributed by atoms with Gasteiger partial charge in [-0.3, -0.25) is 9.78 Å². The quantitative estimate of drug-likeness (QED) is 0.635. The number of nitrogens with two attached hydrogens (primary N) is 1. The first-order chi connectivity index (χ1) is 11.6. The third-order valence-corrected chi connectivity index (χ3v) is 3.22. The van der Waals surface area contributed by atoms with Crippen LogP contribution >= 0.6 is 0 Å². The molecule has 3 rings (SSSR count). The predicted octanol–water partition coefficient (Wildman–Crippen LogP) is 3.82. The highest BCUT2D eigenvalue weighted by Gasteiger charge is 2.11. The van der Waals surface area contributed by atoms with Crippen molar-refractivity contribution < 1.29 is 0 Å². The molecule has 0 aliphatic carbocycles. The van der Waals surface area contributed by atoms with Gasteiger partial charge in [-0.1, -0.05) is 30.3 Å². The summed E-state index contributed by atoms with van der Waals surface area (Å²) in [5, 5.41) is 11.2. The lowest BCUT2D eigenvalue weighted by molar-refractivity contribution is 1.09. The fraction of sp³-hybridized carbons (Fsp3) is 0.0588. The molecule has 24 heavy (non-hydrogen) atoms.